The fourth-order valence-corrected chi connectivity index (χ4v) is 4.03. The van der Waals surface area contributed by atoms with Crippen LogP contribution >= 0.6 is 23.2 Å². The average molecular weight is 428 g/mol. The van der Waals surface area contributed by atoms with Gasteiger partial charge in [-0.25, -0.2) is 4.79 Å². The Kier molecular flexibility index (Phi) is 6.71. The summed E-state index contributed by atoms with van der Waals surface area (Å²) < 4.78 is 28.5. The van der Waals surface area contributed by atoms with Crippen LogP contribution in [-0.4, -0.2) is 60.3 Å². The molecule has 0 radical (unpaired) electrons. The van der Waals surface area contributed by atoms with Gasteiger partial charge in [-0.3, -0.25) is 4.79 Å². The van der Waals surface area contributed by atoms with Gasteiger partial charge in [-0.1, -0.05) is 0 Å². The van der Waals surface area contributed by atoms with Crippen LogP contribution < -0.4 is 5.73 Å². The van der Waals surface area contributed by atoms with Crippen LogP contribution in [0.5, 0.6) is 0 Å². The van der Waals surface area contributed by atoms with E-state index in [-0.39, 0.29) is 31.0 Å². The number of hydrogen-bond acceptors (Lipinski definition) is 7. The van der Waals surface area contributed by atoms with Gasteiger partial charge in [0.1, 0.15) is 16.2 Å². The number of rotatable bonds is 6. The van der Waals surface area contributed by atoms with Crippen LogP contribution in [-0.2, 0) is 28.5 Å². The maximum absolute atomic E-state index is 12.3. The van der Waals surface area contributed by atoms with Crippen LogP contribution in [0.15, 0.2) is 0 Å². The average Bonchev–Trinajstić information content (AvgIpc) is 2.55. The lowest BCUT2D eigenvalue weighted by Crippen LogP contribution is -2.68. The van der Waals surface area contributed by atoms with E-state index < -0.39 is 40.3 Å². The summed E-state index contributed by atoms with van der Waals surface area (Å²) in [7, 11) is 2.96. The van der Waals surface area contributed by atoms with Crippen molar-refractivity contribution in [2.75, 3.05) is 14.2 Å². The number of ketones is 1. The van der Waals surface area contributed by atoms with Gasteiger partial charge in [0.2, 0.25) is 11.6 Å². The molecule has 0 unspecified atom stereocenters. The van der Waals surface area contributed by atoms with Gasteiger partial charge in [0.15, 0.2) is 0 Å². The minimum atomic E-state index is -1.30. The molecule has 1 saturated carbocycles. The first-order chi connectivity index (χ1) is 12.4. The Morgan fingerprint density at radius 1 is 1.26 bits per heavy atom. The molecule has 2 N–H and O–H groups in total. The van der Waals surface area contributed by atoms with E-state index in [4.69, 9.17) is 52.6 Å². The number of halogens is 2. The highest BCUT2D eigenvalue weighted by Gasteiger charge is 2.60. The second-order valence-corrected chi connectivity index (χ2v) is 8.58. The number of ether oxygens (including phenoxy) is 5. The highest BCUT2D eigenvalue weighted by Crippen LogP contribution is 2.46. The molecule has 8 nitrogen and oxygen atoms in total. The summed E-state index contributed by atoms with van der Waals surface area (Å²) in [6.07, 6.45) is -1.53. The first-order valence-corrected chi connectivity index (χ1v) is 9.51. The highest BCUT2D eigenvalue weighted by atomic mass is 35.5. The van der Waals surface area contributed by atoms with Crippen LogP contribution in [0.4, 0.5) is 4.79 Å². The molecule has 156 valence electrons. The van der Waals surface area contributed by atoms with Gasteiger partial charge < -0.3 is 29.4 Å². The fourth-order valence-electron chi connectivity index (χ4n) is 3.76. The van der Waals surface area contributed by atoms with Crippen molar-refractivity contribution in [3.05, 3.63) is 0 Å². The van der Waals surface area contributed by atoms with E-state index in [0.717, 1.165) is 0 Å². The molecule has 0 spiro atoms. The molecule has 2 fully saturated rings. The predicted octanol–water partition coefficient (Wildman–Crippen LogP) is 2.52. The quantitative estimate of drug-likeness (QED) is 0.648. The monoisotopic (exact) mass is 427 g/mol. The standard InChI is InChI=1S/C17H27Cl2NO7/c1-15(13(18)19,27-14(20)22)8-9-6-10(21)7-11-12(9)26-17(3,24-5)16(2,23-4)25-11/h9,11-13H,6-8H2,1-5H3,(H2,20,22)/t9-,11-,12-,15+,16+,17+/m1/s1. The molecule has 1 aliphatic carbocycles. The molecule has 0 bridgehead atoms. The van der Waals surface area contributed by atoms with E-state index in [0.29, 0.717) is 0 Å². The molecule has 1 amide bonds. The van der Waals surface area contributed by atoms with Crippen LogP contribution in [0.1, 0.15) is 40.0 Å². The molecule has 0 aromatic rings. The van der Waals surface area contributed by atoms with Gasteiger partial charge in [-0.2, -0.15) is 0 Å². The molecule has 2 rings (SSSR count). The first kappa shape index (κ1) is 22.6. The lowest BCUT2D eigenvalue weighted by Gasteiger charge is -2.55. The van der Waals surface area contributed by atoms with Gasteiger partial charge in [0.25, 0.3) is 0 Å². The number of fused-ring (bicyclic) bond motifs is 1. The summed E-state index contributed by atoms with van der Waals surface area (Å²) >= 11 is 12.1. The highest BCUT2D eigenvalue weighted by molar-refractivity contribution is 6.45. The van der Waals surface area contributed by atoms with Crippen molar-refractivity contribution in [1.29, 1.82) is 0 Å². The number of amides is 1. The Labute approximate surface area is 168 Å². The summed E-state index contributed by atoms with van der Waals surface area (Å²) in [5.41, 5.74) is 3.87. The third-order valence-electron chi connectivity index (χ3n) is 5.55. The SMILES string of the molecule is CO[C@@]1(C)O[C@@H]2[C@@H](C[C@](C)(OC(N)=O)C(Cl)Cl)CC(=O)C[C@H]2O[C@]1(C)OC. The first-order valence-electron chi connectivity index (χ1n) is 8.64. The summed E-state index contributed by atoms with van der Waals surface area (Å²) in [4.78, 5) is 22.6. The number of carbonyl (C=O) groups is 2. The molecule has 0 aromatic carbocycles. The Morgan fingerprint density at radius 2 is 1.81 bits per heavy atom. The van der Waals surface area contributed by atoms with Crippen LogP contribution in [0.25, 0.3) is 0 Å². The van der Waals surface area contributed by atoms with E-state index in [1.807, 2.05) is 0 Å². The molecule has 27 heavy (non-hydrogen) atoms. The minimum absolute atomic E-state index is 0.00792. The Balaban J connectivity index is 2.32. The maximum atomic E-state index is 12.3. The van der Waals surface area contributed by atoms with E-state index in [1.165, 1.54) is 14.2 Å². The maximum Gasteiger partial charge on any atom is 0.405 e. The molecule has 6 atom stereocenters. The number of Topliss-reactive ketones (excluding diaryl/α,β-unsaturated/α-hetero) is 1. The molecule has 2 aliphatic rings. The van der Waals surface area contributed by atoms with Gasteiger partial charge >= 0.3 is 6.09 Å². The second kappa shape index (κ2) is 8.00. The summed E-state index contributed by atoms with van der Waals surface area (Å²) in [5, 5.41) is 0. The minimum Gasteiger partial charge on any atom is -0.440 e. The van der Waals surface area contributed by atoms with Crippen LogP contribution in [0.2, 0.25) is 0 Å². The zero-order chi connectivity index (χ0) is 20.6. The zero-order valence-electron chi connectivity index (χ0n) is 16.1. The topological polar surface area (TPSA) is 106 Å². The predicted molar refractivity (Wildman–Crippen MR) is 97.5 cm³/mol. The number of hydrogen-bond donors (Lipinski definition) is 1. The molecule has 1 heterocycles. The number of methoxy groups -OCH3 is 2. The van der Waals surface area contributed by atoms with E-state index in [1.54, 1.807) is 20.8 Å². The Hall–Kier alpha value is -0.640. The Bertz CT molecular complexity index is 592. The van der Waals surface area contributed by atoms with Gasteiger partial charge in [0, 0.05) is 27.1 Å². The molecule has 0 aromatic heterocycles. The molecular formula is C17H27Cl2NO7. The van der Waals surface area contributed by atoms with Gasteiger partial charge in [0.05, 0.1) is 12.2 Å². The van der Waals surface area contributed by atoms with E-state index >= 15 is 0 Å². The largest absolute Gasteiger partial charge is 0.440 e. The van der Waals surface area contributed by atoms with Crippen molar-refractivity contribution in [3.8, 4) is 0 Å². The summed E-state index contributed by atoms with van der Waals surface area (Å²) in [6, 6.07) is 0. The normalized spacial score (nSPS) is 39.0. The fraction of sp³-hybridized carbons (Fsp3) is 0.882. The van der Waals surface area contributed by atoms with Crippen molar-refractivity contribution in [3.63, 3.8) is 0 Å². The van der Waals surface area contributed by atoms with Crippen molar-refractivity contribution >= 4 is 35.1 Å². The van der Waals surface area contributed by atoms with Gasteiger partial charge in [-0.15, -0.1) is 23.2 Å². The number of carbonyl (C=O) groups excluding carboxylic acids is 2. The number of alkyl halides is 2. The van der Waals surface area contributed by atoms with Crippen molar-refractivity contribution in [2.24, 2.45) is 11.7 Å². The lowest BCUT2D eigenvalue weighted by molar-refractivity contribution is -0.454. The third kappa shape index (κ3) is 4.36. The van der Waals surface area contributed by atoms with Crippen molar-refractivity contribution < 1.29 is 33.3 Å². The van der Waals surface area contributed by atoms with Crippen molar-refractivity contribution in [2.45, 2.75) is 74.3 Å². The zero-order valence-corrected chi connectivity index (χ0v) is 17.6. The number of primary amides is 1. The van der Waals surface area contributed by atoms with Crippen LogP contribution in [0.3, 0.4) is 0 Å². The van der Waals surface area contributed by atoms with Gasteiger partial charge in [-0.05, 0) is 33.1 Å². The smallest absolute Gasteiger partial charge is 0.405 e. The third-order valence-corrected chi connectivity index (χ3v) is 6.48. The molecule has 10 heteroatoms. The molecule has 1 saturated heterocycles. The van der Waals surface area contributed by atoms with E-state index in [9.17, 15) is 9.59 Å². The van der Waals surface area contributed by atoms with Crippen molar-refractivity contribution in [1.82, 2.24) is 0 Å². The second-order valence-electron chi connectivity index (χ2n) is 7.48. The number of nitrogens with two attached hydrogens (primary N) is 1. The molecule has 1 aliphatic heterocycles. The molecular weight excluding hydrogens is 401 g/mol. The summed E-state index contributed by atoms with van der Waals surface area (Å²) in [6.45, 7) is 4.95. The summed E-state index contributed by atoms with van der Waals surface area (Å²) in [5.74, 6) is -2.81. The van der Waals surface area contributed by atoms with E-state index in [2.05, 4.69) is 0 Å². The Morgan fingerprint density at radius 3 is 2.30 bits per heavy atom. The van der Waals surface area contributed by atoms with Crippen LogP contribution in [0, 0.1) is 5.92 Å². The lowest BCUT2D eigenvalue weighted by atomic mass is 9.76.